The molecule has 0 aliphatic rings. The lowest BCUT2D eigenvalue weighted by Crippen LogP contribution is -2.36. The Morgan fingerprint density at radius 3 is 2.38 bits per heavy atom. The van der Waals surface area contributed by atoms with Crippen LogP contribution >= 0.6 is 11.6 Å². The second kappa shape index (κ2) is 8.16. The maximum absolute atomic E-state index is 13.1. The fourth-order valence-corrected chi connectivity index (χ4v) is 2.87. The zero-order chi connectivity index (χ0) is 21.2. The maximum Gasteiger partial charge on any atom is 0.262 e. The van der Waals surface area contributed by atoms with Gasteiger partial charge in [0.25, 0.3) is 11.8 Å². The van der Waals surface area contributed by atoms with Gasteiger partial charge in [0.05, 0.1) is 6.54 Å². The number of hydrogen-bond donors (Lipinski definition) is 1. The summed E-state index contributed by atoms with van der Waals surface area (Å²) >= 11 is 5.89. The Hall–Kier alpha value is -3.00. The Kier molecular flexibility index (Phi) is 5.83. The highest BCUT2D eigenvalue weighted by Crippen LogP contribution is 2.22. The average molecular weight is 420 g/mol. The number of anilines is 2. The maximum atomic E-state index is 13.1. The molecule has 152 valence electrons. The van der Waals surface area contributed by atoms with E-state index in [9.17, 15) is 13.6 Å². The van der Waals surface area contributed by atoms with Gasteiger partial charge < -0.3 is 10.2 Å². The quantitative estimate of drug-likeness (QED) is 0.634. The van der Waals surface area contributed by atoms with Gasteiger partial charge in [-0.15, -0.1) is 5.10 Å². The molecule has 0 atom stereocenters. The van der Waals surface area contributed by atoms with Crippen LogP contribution in [0.25, 0.3) is 11.4 Å². The fourth-order valence-electron chi connectivity index (χ4n) is 2.75. The van der Waals surface area contributed by atoms with Crippen LogP contribution in [0, 0.1) is 0 Å². The summed E-state index contributed by atoms with van der Waals surface area (Å²) in [6.07, 6.45) is 0. The Bertz CT molecular complexity index is 997. The first-order chi connectivity index (χ1) is 13.6. The number of carbonyl (C=O) groups excluding carboxylic acids is 1. The zero-order valence-corrected chi connectivity index (χ0v) is 16.9. The number of aromatic nitrogens is 3. The van der Waals surface area contributed by atoms with Crippen molar-refractivity contribution >= 4 is 29.1 Å². The second-order valence-corrected chi connectivity index (χ2v) is 7.26. The molecule has 1 amide bonds. The van der Waals surface area contributed by atoms with Gasteiger partial charge in [-0.05, 0) is 36.4 Å². The van der Waals surface area contributed by atoms with E-state index >= 15 is 0 Å². The van der Waals surface area contributed by atoms with Gasteiger partial charge in [0.15, 0.2) is 5.82 Å². The number of aryl methyl sites for hydroxylation is 1. The van der Waals surface area contributed by atoms with E-state index in [4.69, 9.17) is 11.6 Å². The Labute approximate surface area is 172 Å². The molecule has 0 aliphatic carbocycles. The molecular weight excluding hydrogens is 400 g/mol. The molecule has 3 rings (SSSR count). The fraction of sp³-hybridized carbons (Fsp3) is 0.250. The molecule has 2 aromatic carbocycles. The number of hydrogen-bond acceptors (Lipinski definition) is 4. The summed E-state index contributed by atoms with van der Waals surface area (Å²) in [7, 11) is 3.11. The molecule has 0 saturated carbocycles. The van der Waals surface area contributed by atoms with E-state index in [0.717, 1.165) is 17.5 Å². The van der Waals surface area contributed by atoms with Crippen LogP contribution in [-0.2, 0) is 7.05 Å². The third kappa shape index (κ3) is 5.29. The molecule has 1 heterocycles. The molecule has 0 bridgehead atoms. The highest BCUT2D eigenvalue weighted by Gasteiger charge is 2.26. The largest absolute Gasteiger partial charge is 0.336 e. The lowest BCUT2D eigenvalue weighted by Gasteiger charge is -2.21. The molecule has 0 aliphatic heterocycles. The smallest absolute Gasteiger partial charge is 0.262 e. The predicted octanol–water partition coefficient (Wildman–Crippen LogP) is 4.61. The first-order valence-electron chi connectivity index (χ1n) is 8.80. The number of alkyl halides is 2. The zero-order valence-electron chi connectivity index (χ0n) is 16.2. The number of nitrogens with one attached hydrogen (secondary N) is 1. The van der Waals surface area contributed by atoms with Crippen LogP contribution in [0.2, 0.25) is 5.02 Å². The minimum absolute atomic E-state index is 0.316. The lowest BCUT2D eigenvalue weighted by molar-refractivity contribution is -0.00556. The van der Waals surface area contributed by atoms with Crippen LogP contribution in [0.4, 0.5) is 20.4 Å². The Morgan fingerprint density at radius 1 is 1.17 bits per heavy atom. The van der Waals surface area contributed by atoms with Crippen molar-refractivity contribution in [3.63, 3.8) is 0 Å². The topological polar surface area (TPSA) is 63.1 Å². The Balaban J connectivity index is 1.75. The average Bonchev–Trinajstić information content (AvgIpc) is 3.02. The lowest BCUT2D eigenvalue weighted by atomic mass is 10.1. The number of amides is 1. The van der Waals surface area contributed by atoms with Crippen molar-refractivity contribution in [2.24, 2.45) is 7.05 Å². The summed E-state index contributed by atoms with van der Waals surface area (Å²) in [4.78, 5) is 17.8. The summed E-state index contributed by atoms with van der Waals surface area (Å²) in [6.45, 7) is 0.136. The van der Waals surface area contributed by atoms with Crippen molar-refractivity contribution < 1.29 is 13.6 Å². The highest BCUT2D eigenvalue weighted by atomic mass is 35.5. The minimum Gasteiger partial charge on any atom is -0.336 e. The van der Waals surface area contributed by atoms with Gasteiger partial charge in [0.1, 0.15) is 0 Å². The SMILES string of the molecule is CN(CC(C)(F)F)C(=O)c1ccc(-c2nc(Nc3ccc(Cl)cc3)n(C)n2)cc1. The van der Waals surface area contributed by atoms with Crippen LogP contribution < -0.4 is 5.32 Å². The molecule has 1 aromatic heterocycles. The normalized spacial score (nSPS) is 11.4. The summed E-state index contributed by atoms with van der Waals surface area (Å²) < 4.78 is 27.8. The van der Waals surface area contributed by atoms with Gasteiger partial charge in [0, 0.05) is 42.9 Å². The van der Waals surface area contributed by atoms with E-state index in [-0.39, 0.29) is 0 Å². The summed E-state index contributed by atoms with van der Waals surface area (Å²) in [5.41, 5.74) is 1.83. The standard InChI is InChI=1S/C20H20ClF2N5O/c1-20(22,23)12-27(2)18(29)14-6-4-13(5-7-14)17-25-19(28(3)26-17)24-16-10-8-15(21)9-11-16/h4-11H,12H2,1-3H3,(H,24,25,26). The molecular formula is C20H20ClF2N5O. The van der Waals surface area contributed by atoms with Crippen molar-refractivity contribution in [1.82, 2.24) is 19.7 Å². The molecule has 0 radical (unpaired) electrons. The summed E-state index contributed by atoms with van der Waals surface area (Å²) in [6, 6.07) is 13.7. The van der Waals surface area contributed by atoms with E-state index in [1.54, 1.807) is 48.1 Å². The number of nitrogens with zero attached hydrogens (tertiary/aromatic N) is 4. The third-order valence-corrected chi connectivity index (χ3v) is 4.37. The van der Waals surface area contributed by atoms with E-state index in [0.29, 0.717) is 27.9 Å². The first-order valence-corrected chi connectivity index (χ1v) is 9.17. The molecule has 0 saturated heterocycles. The molecule has 0 fully saturated rings. The Morgan fingerprint density at radius 2 is 1.79 bits per heavy atom. The molecule has 3 aromatic rings. The molecule has 0 spiro atoms. The first kappa shape index (κ1) is 20.7. The molecule has 9 heteroatoms. The van der Waals surface area contributed by atoms with Crippen LogP contribution in [0.15, 0.2) is 48.5 Å². The minimum atomic E-state index is -2.95. The molecule has 6 nitrogen and oxygen atoms in total. The molecule has 29 heavy (non-hydrogen) atoms. The van der Waals surface area contributed by atoms with Crippen molar-refractivity contribution in [1.29, 1.82) is 0 Å². The van der Waals surface area contributed by atoms with Crippen molar-refractivity contribution in [3.8, 4) is 11.4 Å². The number of halogens is 3. The van der Waals surface area contributed by atoms with Gasteiger partial charge >= 0.3 is 0 Å². The summed E-state index contributed by atoms with van der Waals surface area (Å²) in [5.74, 6) is -2.42. The van der Waals surface area contributed by atoms with Crippen LogP contribution in [0.1, 0.15) is 17.3 Å². The van der Waals surface area contributed by atoms with Gasteiger partial charge in [-0.2, -0.15) is 4.98 Å². The van der Waals surface area contributed by atoms with Crippen molar-refractivity contribution in [2.45, 2.75) is 12.8 Å². The summed E-state index contributed by atoms with van der Waals surface area (Å²) in [5, 5.41) is 8.17. The number of benzene rings is 2. The van der Waals surface area contributed by atoms with E-state index in [2.05, 4.69) is 15.4 Å². The van der Waals surface area contributed by atoms with Gasteiger partial charge in [0.2, 0.25) is 5.95 Å². The third-order valence-electron chi connectivity index (χ3n) is 4.11. The monoisotopic (exact) mass is 419 g/mol. The van der Waals surface area contributed by atoms with Gasteiger partial charge in [-0.3, -0.25) is 4.79 Å². The van der Waals surface area contributed by atoms with Gasteiger partial charge in [-0.25, -0.2) is 13.5 Å². The second-order valence-electron chi connectivity index (χ2n) is 6.82. The van der Waals surface area contributed by atoms with Crippen molar-refractivity contribution in [3.05, 3.63) is 59.1 Å². The van der Waals surface area contributed by atoms with Crippen molar-refractivity contribution in [2.75, 3.05) is 18.9 Å². The highest BCUT2D eigenvalue weighted by molar-refractivity contribution is 6.30. The van der Waals surface area contributed by atoms with Crippen LogP contribution in [-0.4, -0.2) is 45.1 Å². The van der Waals surface area contributed by atoms with E-state index in [1.807, 2.05) is 12.1 Å². The van der Waals surface area contributed by atoms with Crippen LogP contribution in [0.5, 0.6) is 0 Å². The number of carbonyl (C=O) groups is 1. The molecule has 1 N–H and O–H groups in total. The van der Waals surface area contributed by atoms with E-state index in [1.165, 1.54) is 7.05 Å². The van der Waals surface area contributed by atoms with E-state index < -0.39 is 18.4 Å². The van der Waals surface area contributed by atoms with Crippen LogP contribution in [0.3, 0.4) is 0 Å². The predicted molar refractivity (Wildman–Crippen MR) is 109 cm³/mol. The van der Waals surface area contributed by atoms with Gasteiger partial charge in [-0.1, -0.05) is 23.7 Å². The molecule has 0 unspecified atom stereocenters. The number of rotatable bonds is 6.